The van der Waals surface area contributed by atoms with Crippen molar-refractivity contribution in [3.05, 3.63) is 12.2 Å². The Morgan fingerprint density at radius 1 is 1.18 bits per heavy atom. The lowest BCUT2D eigenvalue weighted by Gasteiger charge is -2.20. The van der Waals surface area contributed by atoms with Gasteiger partial charge in [-0.15, -0.1) is 0 Å². The molecule has 0 unspecified atom stereocenters. The highest BCUT2D eigenvalue weighted by atomic mass is 18.1. The van der Waals surface area contributed by atoms with Crippen LogP contribution < -0.4 is 0 Å². The smallest absolute Gasteiger partial charge is 0.0187 e. The van der Waals surface area contributed by atoms with E-state index in [-0.39, 0.29) is 0 Å². The fourth-order valence-electron chi connectivity index (χ4n) is 1.28. The molecule has 0 aliphatic heterocycles. The summed E-state index contributed by atoms with van der Waals surface area (Å²) in [5.41, 5.74) is 1.27. The summed E-state index contributed by atoms with van der Waals surface area (Å²) in [6.07, 6.45) is 2.49. The molecule has 0 heterocycles. The average molecular weight is 162 g/mol. The molecule has 66 valence electrons. The van der Waals surface area contributed by atoms with Gasteiger partial charge in [0.05, 0.1) is 0 Å². The molecule has 0 fully saturated rings. The van der Waals surface area contributed by atoms with E-state index >= 15 is 0 Å². The first-order valence-electron chi connectivity index (χ1n) is 4.57. The van der Waals surface area contributed by atoms with Crippen molar-refractivity contribution in [3.8, 4) is 0 Å². The van der Waals surface area contributed by atoms with Crippen molar-refractivity contribution in [1.29, 1.82) is 0 Å². The van der Waals surface area contributed by atoms with E-state index in [2.05, 4.69) is 32.3 Å². The van der Waals surface area contributed by atoms with Crippen LogP contribution in [0.5, 0.6) is 0 Å². The van der Waals surface area contributed by atoms with Crippen molar-refractivity contribution >= 4 is 0 Å². The Balaban J connectivity index is 3.59. The van der Waals surface area contributed by atoms with E-state index < -0.39 is 0 Å². The van der Waals surface area contributed by atoms with Gasteiger partial charge in [-0.3, -0.25) is 4.90 Å². The molecule has 11 heavy (non-hydrogen) atoms. The number of hydrogen-bond acceptors (Lipinski definition) is 1. The molecule has 0 amide bonds. The van der Waals surface area contributed by atoms with Crippen molar-refractivity contribution in [2.45, 2.75) is 33.6 Å². The highest BCUT2D eigenvalue weighted by molar-refractivity contribution is 4.91. The van der Waals surface area contributed by atoms with Gasteiger partial charge in [-0.2, -0.15) is 0 Å². The van der Waals surface area contributed by atoms with E-state index in [1.165, 1.54) is 31.5 Å². The maximum absolute atomic E-state index is 3.92. The van der Waals surface area contributed by atoms with Crippen molar-refractivity contribution in [3.63, 3.8) is 0 Å². The number of nitrogens with zero attached hydrogens (tertiary/aromatic N) is 1. The van der Waals surface area contributed by atoms with Gasteiger partial charge in [-0.25, -0.2) is 0 Å². The molecule has 0 radical (unpaired) electrons. The van der Waals surface area contributed by atoms with E-state index in [9.17, 15) is 0 Å². The fraction of sp³-hybridized carbons (Fsp3) is 0.800. The SMILES string of the molecule is CCCN(CCC)[13CH2]C(C)=[18CH2]. The molecule has 0 spiro atoms. The van der Waals surface area contributed by atoms with Crippen LogP contribution in [0.2, 0.25) is 0 Å². The summed E-state index contributed by atoms with van der Waals surface area (Å²) >= 11 is 0. The summed E-state index contributed by atoms with van der Waals surface area (Å²) < 4.78 is 0. The van der Waals surface area contributed by atoms with Crippen LogP contribution in [0.1, 0.15) is 33.6 Å². The molecular formula is C10H21N. The Kier molecular flexibility index (Phi) is 6.24. The van der Waals surface area contributed by atoms with Crippen LogP contribution in [0, 0.1) is 0 Å². The molecule has 0 saturated carbocycles. The van der Waals surface area contributed by atoms with Crippen LogP contribution in [0.3, 0.4) is 0 Å². The number of hydrogen-bond donors (Lipinski definition) is 0. The average Bonchev–Trinajstić information content (AvgIpc) is 1.87. The predicted molar refractivity (Wildman–Crippen MR) is 51.8 cm³/mol. The van der Waals surface area contributed by atoms with Crippen molar-refractivity contribution in [2.24, 2.45) is 0 Å². The Hall–Kier alpha value is -0.300. The second kappa shape index (κ2) is 6.41. The first-order valence-corrected chi connectivity index (χ1v) is 4.57. The zero-order chi connectivity index (χ0) is 8.69. The molecule has 1 heteroatoms. The van der Waals surface area contributed by atoms with Gasteiger partial charge in [-0.1, -0.05) is 26.0 Å². The van der Waals surface area contributed by atoms with Crippen LogP contribution in [0.25, 0.3) is 0 Å². The predicted octanol–water partition coefficient (Wildman–Crippen LogP) is 2.68. The first kappa shape index (κ1) is 10.7. The highest BCUT2D eigenvalue weighted by Gasteiger charge is 2.00. The summed E-state index contributed by atoms with van der Waals surface area (Å²) in [7, 11) is 0. The lowest BCUT2D eigenvalue weighted by Crippen LogP contribution is -2.26. The Morgan fingerprint density at radius 2 is 1.64 bits per heavy atom. The van der Waals surface area contributed by atoms with Gasteiger partial charge < -0.3 is 0 Å². The highest BCUT2D eigenvalue weighted by Crippen LogP contribution is 1.98. The van der Waals surface area contributed by atoms with Crippen LogP contribution in [0.15, 0.2) is 12.2 Å². The minimum atomic E-state index is 1.07. The Bertz CT molecular complexity index is 101. The van der Waals surface area contributed by atoms with Gasteiger partial charge in [-0.05, 0) is 32.9 Å². The second-order valence-electron chi connectivity index (χ2n) is 3.23. The lowest BCUT2D eigenvalue weighted by atomic mass is 10.4. The zero-order valence-electron chi connectivity index (χ0n) is 8.19. The van der Waals surface area contributed by atoms with Crippen LogP contribution in [-0.4, -0.2) is 24.5 Å². The van der Waals surface area contributed by atoms with E-state index in [1.807, 2.05) is 0 Å². The van der Waals surface area contributed by atoms with Crippen LogP contribution >= 0.6 is 0 Å². The Labute approximate surface area is 71.1 Å². The van der Waals surface area contributed by atoms with Crippen LogP contribution in [0.4, 0.5) is 0 Å². The number of rotatable bonds is 6. The molecule has 0 rings (SSSR count). The summed E-state index contributed by atoms with van der Waals surface area (Å²) in [6.45, 7) is 13.9. The molecule has 1 nitrogen and oxygen atoms in total. The van der Waals surface area contributed by atoms with Crippen molar-refractivity contribution in [1.82, 2.24) is 4.90 Å². The summed E-state index contributed by atoms with van der Waals surface area (Å²) in [5, 5.41) is 0. The first-order chi connectivity index (χ1) is 5.20. The minimum absolute atomic E-state index is 1.07. The summed E-state index contributed by atoms with van der Waals surface area (Å²) in [6, 6.07) is 0. The molecule has 0 bridgehead atoms. The second-order valence-corrected chi connectivity index (χ2v) is 3.23. The molecule has 0 aliphatic rings. The van der Waals surface area contributed by atoms with Crippen LogP contribution in [-0.2, 0) is 0 Å². The molecule has 0 saturated heterocycles. The molecular weight excluding hydrogens is 141 g/mol. The molecule has 0 aromatic heterocycles. The van der Waals surface area contributed by atoms with Gasteiger partial charge in [0.1, 0.15) is 0 Å². The van der Waals surface area contributed by atoms with E-state index in [1.54, 1.807) is 0 Å². The topological polar surface area (TPSA) is 3.24 Å². The van der Waals surface area contributed by atoms with Crippen molar-refractivity contribution in [2.75, 3.05) is 19.6 Å². The zero-order valence-corrected chi connectivity index (χ0v) is 8.19. The standard InChI is InChI=1S/C10H21N/c1-5-7-11(8-6-2)9-10(3)4/h3,5-9H2,1-2,4H3/i3+6,9+1. The maximum atomic E-state index is 3.92. The largest absolute Gasteiger partial charge is 0.299 e. The Morgan fingerprint density at radius 3 is 1.91 bits per heavy atom. The molecule has 0 N–H and O–H groups in total. The van der Waals surface area contributed by atoms with Gasteiger partial charge in [0.15, 0.2) is 0 Å². The third kappa shape index (κ3) is 6.11. The van der Waals surface area contributed by atoms with Gasteiger partial charge in [0.2, 0.25) is 0 Å². The lowest BCUT2D eigenvalue weighted by molar-refractivity contribution is 0.297. The van der Waals surface area contributed by atoms with Gasteiger partial charge in [0, 0.05) is 6.54 Å². The maximum Gasteiger partial charge on any atom is 0.0187 e. The third-order valence-corrected chi connectivity index (χ3v) is 1.57. The third-order valence-electron chi connectivity index (χ3n) is 1.57. The van der Waals surface area contributed by atoms with Gasteiger partial charge >= 0.3 is 0 Å². The molecule has 0 aromatic rings. The molecule has 0 aromatic carbocycles. The van der Waals surface area contributed by atoms with Gasteiger partial charge in [0.25, 0.3) is 0 Å². The normalized spacial score (nSPS) is 10.5. The summed E-state index contributed by atoms with van der Waals surface area (Å²) in [5.74, 6) is 0. The summed E-state index contributed by atoms with van der Waals surface area (Å²) in [4.78, 5) is 2.46. The van der Waals surface area contributed by atoms with E-state index in [0.29, 0.717) is 0 Å². The molecule has 0 aliphatic carbocycles. The molecule has 0 atom stereocenters. The minimum Gasteiger partial charge on any atom is -0.299 e. The fourth-order valence-corrected chi connectivity index (χ4v) is 1.28. The van der Waals surface area contributed by atoms with E-state index in [4.69, 9.17) is 0 Å². The monoisotopic (exact) mass is 162 g/mol. The van der Waals surface area contributed by atoms with Crippen molar-refractivity contribution < 1.29 is 0 Å². The quantitative estimate of drug-likeness (QED) is 0.429. The van der Waals surface area contributed by atoms with E-state index in [0.717, 1.165) is 6.54 Å².